The minimum absolute atomic E-state index is 0.0770. The van der Waals surface area contributed by atoms with Gasteiger partial charge in [0.05, 0.1) is 0 Å². The number of carboxylic acids is 1. The van der Waals surface area contributed by atoms with Crippen molar-refractivity contribution in [2.24, 2.45) is 5.73 Å². The Balaban J connectivity index is 1.68. The van der Waals surface area contributed by atoms with Crippen molar-refractivity contribution in [1.29, 1.82) is 0 Å². The van der Waals surface area contributed by atoms with Crippen LogP contribution in [-0.2, 0) is 16.1 Å². The number of rotatable bonds is 5. The lowest BCUT2D eigenvalue weighted by molar-refractivity contribution is -0.144. The van der Waals surface area contributed by atoms with E-state index in [4.69, 9.17) is 10.8 Å². The molecule has 0 radical (unpaired) electrons. The van der Waals surface area contributed by atoms with Gasteiger partial charge in [-0.15, -0.1) is 0 Å². The number of primary amides is 1. The number of piperazine rings is 1. The number of likely N-dealkylation sites (tertiary alicyclic amines) is 1. The molecule has 2 aliphatic heterocycles. The maximum absolute atomic E-state index is 12.3. The molecule has 1 spiro atoms. The summed E-state index contributed by atoms with van der Waals surface area (Å²) in [5.41, 5.74) is 6.78. The molecule has 1 unspecified atom stereocenters. The molecular weight excluding hydrogens is 360 g/mol. The molecule has 3 N–H and O–H groups in total. The molecule has 1 atom stereocenters. The van der Waals surface area contributed by atoms with Gasteiger partial charge in [-0.25, -0.2) is 0 Å². The molecule has 8 heteroatoms. The first kappa shape index (κ1) is 20.3. The van der Waals surface area contributed by atoms with Crippen molar-refractivity contribution in [1.82, 2.24) is 14.7 Å². The van der Waals surface area contributed by atoms with Crippen LogP contribution >= 0.6 is 0 Å². The number of likely N-dealkylation sites (N-methyl/N-ethyl adjacent to an activating group) is 1. The van der Waals surface area contributed by atoms with E-state index in [2.05, 4.69) is 16.8 Å². The van der Waals surface area contributed by atoms with Crippen molar-refractivity contribution >= 4 is 17.8 Å². The Morgan fingerprint density at radius 2 is 1.86 bits per heavy atom. The molecule has 0 aromatic heterocycles. The first-order chi connectivity index (χ1) is 13.3. The summed E-state index contributed by atoms with van der Waals surface area (Å²) < 4.78 is 0. The summed E-state index contributed by atoms with van der Waals surface area (Å²) in [6.07, 6.45) is 1.87. The SMILES string of the molecule is CN1CCN(Cc2ccc(C(N)=O)cc2)CC12CCC(=O)N(CC(=O)O)CC2. The van der Waals surface area contributed by atoms with Gasteiger partial charge in [-0.3, -0.25) is 24.2 Å². The number of carboxylic acid groups (broad SMARTS) is 1. The molecule has 8 nitrogen and oxygen atoms in total. The highest BCUT2D eigenvalue weighted by atomic mass is 16.4. The molecule has 3 rings (SSSR count). The largest absolute Gasteiger partial charge is 0.480 e. The topological polar surface area (TPSA) is 107 Å². The van der Waals surface area contributed by atoms with Gasteiger partial charge in [0.2, 0.25) is 11.8 Å². The Kier molecular flexibility index (Phi) is 6.00. The Morgan fingerprint density at radius 3 is 2.50 bits per heavy atom. The summed E-state index contributed by atoms with van der Waals surface area (Å²) in [5, 5.41) is 9.05. The number of aliphatic carboxylic acids is 1. The van der Waals surface area contributed by atoms with Crippen molar-refractivity contribution in [3.8, 4) is 0 Å². The molecule has 0 aliphatic carbocycles. The van der Waals surface area contributed by atoms with Gasteiger partial charge in [-0.1, -0.05) is 12.1 Å². The monoisotopic (exact) mass is 388 g/mol. The minimum Gasteiger partial charge on any atom is -0.480 e. The van der Waals surface area contributed by atoms with E-state index in [0.29, 0.717) is 18.5 Å². The quantitative estimate of drug-likeness (QED) is 0.755. The van der Waals surface area contributed by atoms with Crippen molar-refractivity contribution in [2.75, 3.05) is 39.8 Å². The van der Waals surface area contributed by atoms with E-state index in [1.54, 1.807) is 12.1 Å². The highest BCUT2D eigenvalue weighted by molar-refractivity contribution is 5.92. The first-order valence-electron chi connectivity index (χ1n) is 9.61. The van der Waals surface area contributed by atoms with Gasteiger partial charge < -0.3 is 15.7 Å². The van der Waals surface area contributed by atoms with Crippen LogP contribution in [0.3, 0.4) is 0 Å². The van der Waals surface area contributed by atoms with E-state index in [9.17, 15) is 14.4 Å². The van der Waals surface area contributed by atoms with Crippen LogP contribution in [0.15, 0.2) is 24.3 Å². The van der Waals surface area contributed by atoms with Crippen molar-refractivity contribution < 1.29 is 19.5 Å². The number of carbonyl (C=O) groups excluding carboxylic acids is 2. The highest BCUT2D eigenvalue weighted by Gasteiger charge is 2.42. The first-order valence-corrected chi connectivity index (χ1v) is 9.61. The Morgan fingerprint density at radius 1 is 1.14 bits per heavy atom. The van der Waals surface area contributed by atoms with E-state index in [1.165, 1.54) is 4.90 Å². The maximum atomic E-state index is 12.3. The predicted octanol–water partition coefficient (Wildman–Crippen LogP) is 0.369. The number of amides is 2. The molecule has 0 bridgehead atoms. The second kappa shape index (κ2) is 8.28. The summed E-state index contributed by atoms with van der Waals surface area (Å²) in [5.74, 6) is -1.48. The van der Waals surface area contributed by atoms with Crippen LogP contribution in [0.1, 0.15) is 35.2 Å². The smallest absolute Gasteiger partial charge is 0.323 e. The summed E-state index contributed by atoms with van der Waals surface area (Å²) in [7, 11) is 2.09. The van der Waals surface area contributed by atoms with E-state index >= 15 is 0 Å². The van der Waals surface area contributed by atoms with Crippen LogP contribution in [0.2, 0.25) is 0 Å². The van der Waals surface area contributed by atoms with E-state index < -0.39 is 11.9 Å². The minimum atomic E-state index is -0.970. The fraction of sp³-hybridized carbons (Fsp3) is 0.550. The standard InChI is InChI=1S/C20H28N4O4/c1-22-10-11-23(12-15-2-4-16(5-3-15)19(21)28)14-20(22)7-6-17(25)24(9-8-20)13-18(26)27/h2-5H,6-14H2,1H3,(H2,21,28)(H,26,27). The molecule has 2 aliphatic rings. The third kappa shape index (κ3) is 4.51. The Hall–Kier alpha value is -2.45. The van der Waals surface area contributed by atoms with Crippen LogP contribution in [-0.4, -0.2) is 82.9 Å². The van der Waals surface area contributed by atoms with Crippen molar-refractivity contribution in [3.63, 3.8) is 0 Å². The Bertz CT molecular complexity index is 751. The molecule has 2 amide bonds. The second-order valence-corrected chi connectivity index (χ2v) is 7.88. The van der Waals surface area contributed by atoms with Gasteiger partial charge in [0.15, 0.2) is 0 Å². The van der Waals surface area contributed by atoms with Gasteiger partial charge in [0.1, 0.15) is 6.54 Å². The average Bonchev–Trinajstić information content (AvgIpc) is 2.80. The van der Waals surface area contributed by atoms with Gasteiger partial charge in [0.25, 0.3) is 0 Å². The molecule has 2 saturated heterocycles. The fourth-order valence-electron chi connectivity index (χ4n) is 4.27. The summed E-state index contributed by atoms with van der Waals surface area (Å²) in [4.78, 5) is 40.8. The van der Waals surface area contributed by atoms with Gasteiger partial charge >= 0.3 is 5.97 Å². The molecule has 1 aromatic rings. The highest BCUT2D eigenvalue weighted by Crippen LogP contribution is 2.32. The number of carbonyl (C=O) groups is 3. The molecule has 1 aromatic carbocycles. The lowest BCUT2D eigenvalue weighted by atomic mass is 9.86. The zero-order valence-corrected chi connectivity index (χ0v) is 16.3. The predicted molar refractivity (Wildman–Crippen MR) is 104 cm³/mol. The van der Waals surface area contributed by atoms with E-state index in [1.807, 2.05) is 12.1 Å². The van der Waals surface area contributed by atoms with Crippen LogP contribution in [0.4, 0.5) is 0 Å². The third-order valence-electron chi connectivity index (χ3n) is 6.05. The fourth-order valence-corrected chi connectivity index (χ4v) is 4.27. The Labute approximate surface area is 164 Å². The summed E-state index contributed by atoms with van der Waals surface area (Å²) in [6, 6.07) is 7.35. The zero-order valence-electron chi connectivity index (χ0n) is 16.3. The van der Waals surface area contributed by atoms with Crippen molar-refractivity contribution in [3.05, 3.63) is 35.4 Å². The molecule has 2 fully saturated rings. The van der Waals surface area contributed by atoms with Crippen LogP contribution < -0.4 is 5.73 Å². The van der Waals surface area contributed by atoms with Gasteiger partial charge in [-0.05, 0) is 37.6 Å². The van der Waals surface area contributed by atoms with E-state index in [0.717, 1.165) is 44.6 Å². The van der Waals surface area contributed by atoms with Crippen LogP contribution in [0.25, 0.3) is 0 Å². The van der Waals surface area contributed by atoms with Gasteiger partial charge in [0, 0.05) is 50.2 Å². The molecular formula is C20H28N4O4. The lowest BCUT2D eigenvalue weighted by Gasteiger charge is -2.49. The number of benzene rings is 1. The summed E-state index contributed by atoms with van der Waals surface area (Å²) >= 11 is 0. The van der Waals surface area contributed by atoms with Crippen LogP contribution in [0, 0.1) is 0 Å². The number of hydrogen-bond acceptors (Lipinski definition) is 5. The normalized spacial score (nSPS) is 24.3. The number of nitrogens with zero attached hydrogens (tertiary/aromatic N) is 3. The second-order valence-electron chi connectivity index (χ2n) is 7.88. The zero-order chi connectivity index (χ0) is 20.3. The summed E-state index contributed by atoms with van der Waals surface area (Å²) in [6.45, 7) is 3.65. The average molecular weight is 388 g/mol. The molecule has 2 heterocycles. The van der Waals surface area contributed by atoms with Gasteiger partial charge in [-0.2, -0.15) is 0 Å². The number of hydrogen-bond donors (Lipinski definition) is 2. The molecule has 28 heavy (non-hydrogen) atoms. The maximum Gasteiger partial charge on any atom is 0.323 e. The number of nitrogens with two attached hydrogens (primary N) is 1. The van der Waals surface area contributed by atoms with E-state index in [-0.39, 0.29) is 18.0 Å². The van der Waals surface area contributed by atoms with Crippen molar-refractivity contribution in [2.45, 2.75) is 31.3 Å². The molecule has 152 valence electrons. The van der Waals surface area contributed by atoms with Crippen LogP contribution in [0.5, 0.6) is 0 Å². The lowest BCUT2D eigenvalue weighted by Crippen LogP contribution is -2.60. The molecule has 0 saturated carbocycles. The third-order valence-corrected chi connectivity index (χ3v) is 6.05.